The van der Waals surface area contributed by atoms with Crippen molar-refractivity contribution in [3.63, 3.8) is 0 Å². The highest BCUT2D eigenvalue weighted by atomic mass is 15.1. The van der Waals surface area contributed by atoms with Gasteiger partial charge in [-0.2, -0.15) is 5.10 Å². The second kappa shape index (κ2) is 4.51. The predicted molar refractivity (Wildman–Crippen MR) is 75.9 cm³/mol. The van der Waals surface area contributed by atoms with E-state index in [1.165, 1.54) is 5.56 Å². The number of rotatable bonds is 3. The molecule has 0 bridgehead atoms. The van der Waals surface area contributed by atoms with E-state index in [0.29, 0.717) is 6.54 Å². The van der Waals surface area contributed by atoms with E-state index >= 15 is 0 Å². The zero-order chi connectivity index (χ0) is 13.4. The summed E-state index contributed by atoms with van der Waals surface area (Å²) in [7, 11) is 0. The Kier molecular flexibility index (Phi) is 2.83. The van der Waals surface area contributed by atoms with Gasteiger partial charge in [0.2, 0.25) is 0 Å². The van der Waals surface area contributed by atoms with Gasteiger partial charge >= 0.3 is 0 Å². The van der Waals surface area contributed by atoms with Gasteiger partial charge in [-0.1, -0.05) is 6.07 Å². The zero-order valence-electron chi connectivity index (χ0n) is 11.1. The van der Waals surface area contributed by atoms with Crippen molar-refractivity contribution in [2.45, 2.75) is 20.3 Å². The highest BCUT2D eigenvalue weighted by Gasteiger charge is 2.11. The SMILES string of the molecule is Cc1nc2ccc(-c3n[nH]c(CCN)c3C)cc2[nH]1. The largest absolute Gasteiger partial charge is 0.342 e. The molecule has 0 fully saturated rings. The lowest BCUT2D eigenvalue weighted by Gasteiger charge is -2.00. The molecule has 3 rings (SSSR count). The molecule has 0 radical (unpaired) electrons. The van der Waals surface area contributed by atoms with Crippen molar-refractivity contribution in [3.8, 4) is 11.3 Å². The number of benzene rings is 1. The number of nitrogens with one attached hydrogen (secondary N) is 2. The summed E-state index contributed by atoms with van der Waals surface area (Å²) in [6, 6.07) is 6.16. The molecule has 0 spiro atoms. The number of hydrogen-bond acceptors (Lipinski definition) is 3. The van der Waals surface area contributed by atoms with Crippen LogP contribution < -0.4 is 5.73 Å². The Hall–Kier alpha value is -2.14. The van der Waals surface area contributed by atoms with E-state index in [4.69, 9.17) is 5.73 Å². The fourth-order valence-corrected chi connectivity index (χ4v) is 2.39. The molecule has 1 aromatic carbocycles. The minimum Gasteiger partial charge on any atom is -0.342 e. The summed E-state index contributed by atoms with van der Waals surface area (Å²) >= 11 is 0. The van der Waals surface area contributed by atoms with E-state index in [9.17, 15) is 0 Å². The Labute approximate surface area is 111 Å². The van der Waals surface area contributed by atoms with Crippen LogP contribution in [0.3, 0.4) is 0 Å². The number of aromatic nitrogens is 4. The molecule has 2 heterocycles. The topological polar surface area (TPSA) is 83.4 Å². The number of aryl methyl sites for hydroxylation is 1. The molecule has 0 saturated heterocycles. The molecule has 4 N–H and O–H groups in total. The van der Waals surface area contributed by atoms with Crippen LogP contribution >= 0.6 is 0 Å². The van der Waals surface area contributed by atoms with Crippen LogP contribution in [0.2, 0.25) is 0 Å². The van der Waals surface area contributed by atoms with Gasteiger partial charge in [0.25, 0.3) is 0 Å². The highest BCUT2D eigenvalue weighted by molar-refractivity contribution is 5.81. The maximum absolute atomic E-state index is 5.59. The molecule has 2 aromatic heterocycles. The monoisotopic (exact) mass is 255 g/mol. The molecule has 0 aliphatic rings. The smallest absolute Gasteiger partial charge is 0.104 e. The quantitative estimate of drug-likeness (QED) is 0.670. The van der Waals surface area contributed by atoms with Gasteiger partial charge in [-0.05, 0) is 38.1 Å². The molecule has 5 nitrogen and oxygen atoms in total. The summed E-state index contributed by atoms with van der Waals surface area (Å²) < 4.78 is 0. The van der Waals surface area contributed by atoms with Crippen LogP contribution in [0, 0.1) is 13.8 Å². The number of aromatic amines is 2. The lowest BCUT2D eigenvalue weighted by atomic mass is 10.1. The lowest BCUT2D eigenvalue weighted by molar-refractivity contribution is 0.896. The summed E-state index contributed by atoms with van der Waals surface area (Å²) in [4.78, 5) is 7.66. The van der Waals surface area contributed by atoms with Gasteiger partial charge in [0.1, 0.15) is 5.82 Å². The van der Waals surface area contributed by atoms with Crippen molar-refractivity contribution in [2.24, 2.45) is 5.73 Å². The minimum absolute atomic E-state index is 0.626. The maximum atomic E-state index is 5.59. The molecule has 98 valence electrons. The number of H-pyrrole nitrogens is 2. The van der Waals surface area contributed by atoms with Crippen LogP contribution in [0.5, 0.6) is 0 Å². The van der Waals surface area contributed by atoms with Gasteiger partial charge in [-0.3, -0.25) is 5.10 Å². The molecule has 0 aliphatic heterocycles. The summed E-state index contributed by atoms with van der Waals surface area (Å²) in [5.41, 5.74) is 12.0. The Morgan fingerprint density at radius 1 is 1.26 bits per heavy atom. The van der Waals surface area contributed by atoms with E-state index in [1.54, 1.807) is 0 Å². The van der Waals surface area contributed by atoms with Crippen LogP contribution in [0.4, 0.5) is 0 Å². The normalized spacial score (nSPS) is 11.3. The Bertz CT molecular complexity index is 723. The van der Waals surface area contributed by atoms with E-state index < -0.39 is 0 Å². The first-order valence-electron chi connectivity index (χ1n) is 6.39. The molecule has 5 heteroatoms. The summed E-state index contributed by atoms with van der Waals surface area (Å²) in [5, 5.41) is 7.47. The first-order chi connectivity index (χ1) is 9.19. The zero-order valence-corrected chi connectivity index (χ0v) is 11.1. The first-order valence-corrected chi connectivity index (χ1v) is 6.39. The van der Waals surface area contributed by atoms with Crippen molar-refractivity contribution in [2.75, 3.05) is 6.54 Å². The maximum Gasteiger partial charge on any atom is 0.104 e. The van der Waals surface area contributed by atoms with Crippen LogP contribution in [-0.4, -0.2) is 26.7 Å². The fraction of sp³-hybridized carbons (Fsp3) is 0.286. The molecule has 0 aliphatic carbocycles. The molecule has 0 unspecified atom stereocenters. The number of fused-ring (bicyclic) bond motifs is 1. The van der Waals surface area contributed by atoms with E-state index in [-0.39, 0.29) is 0 Å². The molecule has 0 amide bonds. The third-order valence-electron chi connectivity index (χ3n) is 3.38. The van der Waals surface area contributed by atoms with Gasteiger partial charge in [-0.25, -0.2) is 4.98 Å². The van der Waals surface area contributed by atoms with Gasteiger partial charge in [0.15, 0.2) is 0 Å². The van der Waals surface area contributed by atoms with E-state index in [2.05, 4.69) is 39.2 Å². The van der Waals surface area contributed by atoms with Crippen LogP contribution in [0.15, 0.2) is 18.2 Å². The number of nitrogens with two attached hydrogens (primary N) is 1. The van der Waals surface area contributed by atoms with Gasteiger partial charge in [0.05, 0.1) is 16.7 Å². The fourth-order valence-electron chi connectivity index (χ4n) is 2.39. The number of imidazole rings is 1. The van der Waals surface area contributed by atoms with E-state index in [1.807, 2.05) is 13.0 Å². The standard InChI is InChI=1S/C14H17N5/c1-8-11(5-6-15)18-19-14(8)10-3-4-12-13(7-10)17-9(2)16-12/h3-4,7H,5-6,15H2,1-2H3,(H,16,17)(H,18,19). The van der Waals surface area contributed by atoms with Crippen molar-refractivity contribution < 1.29 is 0 Å². The second-order valence-corrected chi connectivity index (χ2v) is 4.77. The number of nitrogens with zero attached hydrogens (tertiary/aromatic N) is 2. The minimum atomic E-state index is 0.626. The predicted octanol–water partition coefficient (Wildman–Crippen LogP) is 2.07. The van der Waals surface area contributed by atoms with Crippen molar-refractivity contribution in [3.05, 3.63) is 35.3 Å². The van der Waals surface area contributed by atoms with Gasteiger partial charge < -0.3 is 10.7 Å². The first kappa shape index (κ1) is 11.9. The molecule has 19 heavy (non-hydrogen) atoms. The summed E-state index contributed by atoms with van der Waals surface area (Å²) in [5.74, 6) is 0.926. The molecule has 0 saturated carbocycles. The van der Waals surface area contributed by atoms with Crippen molar-refractivity contribution in [1.82, 2.24) is 20.2 Å². The average Bonchev–Trinajstić information content (AvgIpc) is 2.92. The third-order valence-corrected chi connectivity index (χ3v) is 3.38. The Morgan fingerprint density at radius 3 is 2.89 bits per heavy atom. The highest BCUT2D eigenvalue weighted by Crippen LogP contribution is 2.26. The molecular formula is C14H17N5. The Balaban J connectivity index is 2.08. The van der Waals surface area contributed by atoms with Crippen molar-refractivity contribution >= 4 is 11.0 Å². The second-order valence-electron chi connectivity index (χ2n) is 4.77. The van der Waals surface area contributed by atoms with Crippen molar-refractivity contribution in [1.29, 1.82) is 0 Å². The molecule has 0 atom stereocenters. The third kappa shape index (κ3) is 2.02. The summed E-state index contributed by atoms with van der Waals surface area (Å²) in [6.07, 6.45) is 0.824. The van der Waals surface area contributed by atoms with Crippen LogP contribution in [0.1, 0.15) is 17.1 Å². The lowest BCUT2D eigenvalue weighted by Crippen LogP contribution is -2.03. The van der Waals surface area contributed by atoms with Gasteiger partial charge in [-0.15, -0.1) is 0 Å². The average molecular weight is 255 g/mol. The Morgan fingerprint density at radius 2 is 2.11 bits per heavy atom. The number of hydrogen-bond donors (Lipinski definition) is 3. The van der Waals surface area contributed by atoms with Gasteiger partial charge in [0, 0.05) is 17.7 Å². The summed E-state index contributed by atoms with van der Waals surface area (Å²) in [6.45, 7) is 4.66. The van der Waals surface area contributed by atoms with Crippen LogP contribution in [0.25, 0.3) is 22.3 Å². The molecule has 3 aromatic rings. The van der Waals surface area contributed by atoms with Crippen LogP contribution in [-0.2, 0) is 6.42 Å². The molecular weight excluding hydrogens is 238 g/mol. The van der Waals surface area contributed by atoms with E-state index in [0.717, 1.165) is 40.2 Å².